The molecule has 1 saturated carbocycles. The highest BCUT2D eigenvalue weighted by Crippen LogP contribution is 2.49. The summed E-state index contributed by atoms with van der Waals surface area (Å²) in [4.78, 5) is 13.8. The SMILES string of the molecule is CC(C)(C)OC(=O)N1C[C@H]2CC(c3cc(F)ccc3C(F)(F)F)C[C@H]2C1. The van der Waals surface area contributed by atoms with Crippen molar-refractivity contribution in [1.82, 2.24) is 4.90 Å². The minimum Gasteiger partial charge on any atom is -0.444 e. The van der Waals surface area contributed by atoms with Crippen LogP contribution in [0.4, 0.5) is 22.4 Å². The van der Waals surface area contributed by atoms with Crippen molar-refractivity contribution in [3.05, 3.63) is 35.1 Å². The van der Waals surface area contributed by atoms with E-state index in [0.29, 0.717) is 25.9 Å². The number of nitrogens with zero attached hydrogens (tertiary/aromatic N) is 1. The summed E-state index contributed by atoms with van der Waals surface area (Å²) in [7, 11) is 0. The summed E-state index contributed by atoms with van der Waals surface area (Å²) in [6.45, 7) is 6.33. The number of amides is 1. The lowest BCUT2D eigenvalue weighted by atomic mass is 9.91. The molecule has 1 aliphatic heterocycles. The number of hydrogen-bond acceptors (Lipinski definition) is 2. The Hall–Kier alpha value is -1.79. The van der Waals surface area contributed by atoms with Crippen LogP contribution in [0.1, 0.15) is 50.7 Å². The maximum atomic E-state index is 13.6. The van der Waals surface area contributed by atoms with Crippen molar-refractivity contribution in [1.29, 1.82) is 0 Å². The number of benzene rings is 1. The third kappa shape index (κ3) is 3.96. The van der Waals surface area contributed by atoms with Crippen LogP contribution in [0.2, 0.25) is 0 Å². The van der Waals surface area contributed by atoms with Crippen molar-refractivity contribution < 1.29 is 27.1 Å². The minimum absolute atomic E-state index is 0.0377. The molecule has 1 aromatic carbocycles. The average Bonchev–Trinajstić information content (AvgIpc) is 3.02. The maximum Gasteiger partial charge on any atom is 0.416 e. The zero-order valence-corrected chi connectivity index (χ0v) is 15.1. The van der Waals surface area contributed by atoms with Crippen LogP contribution in [-0.4, -0.2) is 29.7 Å². The number of fused-ring (bicyclic) bond motifs is 1. The highest BCUT2D eigenvalue weighted by atomic mass is 19.4. The summed E-state index contributed by atoms with van der Waals surface area (Å²) in [6, 6.07) is 2.69. The van der Waals surface area contributed by atoms with E-state index in [1.54, 1.807) is 25.7 Å². The van der Waals surface area contributed by atoms with Crippen LogP contribution < -0.4 is 0 Å². The highest BCUT2D eigenvalue weighted by Gasteiger charge is 2.45. The Kier molecular flexibility index (Phi) is 4.69. The summed E-state index contributed by atoms with van der Waals surface area (Å²) in [5.74, 6) is -0.743. The molecular formula is C19H23F4NO2. The van der Waals surface area contributed by atoms with E-state index < -0.39 is 23.2 Å². The van der Waals surface area contributed by atoms with Crippen LogP contribution in [0.25, 0.3) is 0 Å². The molecule has 0 N–H and O–H groups in total. The van der Waals surface area contributed by atoms with E-state index in [9.17, 15) is 22.4 Å². The van der Waals surface area contributed by atoms with Gasteiger partial charge in [-0.05, 0) is 75.1 Å². The van der Waals surface area contributed by atoms with Crippen molar-refractivity contribution in [3.8, 4) is 0 Å². The first-order valence-electron chi connectivity index (χ1n) is 8.78. The summed E-state index contributed by atoms with van der Waals surface area (Å²) in [5, 5.41) is 0. The quantitative estimate of drug-likeness (QED) is 0.633. The Bertz CT molecular complexity index is 682. The van der Waals surface area contributed by atoms with Gasteiger partial charge in [0.15, 0.2) is 0 Å². The molecule has 0 spiro atoms. The largest absolute Gasteiger partial charge is 0.444 e. The Balaban J connectivity index is 1.71. The number of rotatable bonds is 1. The van der Waals surface area contributed by atoms with E-state index in [4.69, 9.17) is 4.74 Å². The monoisotopic (exact) mass is 373 g/mol. The Morgan fingerprint density at radius 3 is 2.19 bits per heavy atom. The van der Waals surface area contributed by atoms with E-state index >= 15 is 0 Å². The predicted molar refractivity (Wildman–Crippen MR) is 88.2 cm³/mol. The fourth-order valence-corrected chi connectivity index (χ4v) is 4.16. The van der Waals surface area contributed by atoms with Crippen molar-refractivity contribution in [2.24, 2.45) is 11.8 Å². The van der Waals surface area contributed by atoms with Gasteiger partial charge in [0.25, 0.3) is 0 Å². The summed E-state index contributed by atoms with van der Waals surface area (Å²) in [6.07, 6.45) is -3.83. The second kappa shape index (κ2) is 6.43. The van der Waals surface area contributed by atoms with Crippen LogP contribution in [0.3, 0.4) is 0 Å². The number of hydrogen-bond donors (Lipinski definition) is 0. The first-order chi connectivity index (χ1) is 11.9. The van der Waals surface area contributed by atoms with Gasteiger partial charge >= 0.3 is 12.3 Å². The fraction of sp³-hybridized carbons (Fsp3) is 0.632. The van der Waals surface area contributed by atoms with Crippen LogP contribution >= 0.6 is 0 Å². The van der Waals surface area contributed by atoms with Gasteiger partial charge in [-0.25, -0.2) is 9.18 Å². The molecule has 1 unspecified atom stereocenters. The summed E-state index contributed by atoms with van der Waals surface area (Å²) >= 11 is 0. The highest BCUT2D eigenvalue weighted by molar-refractivity contribution is 5.68. The lowest BCUT2D eigenvalue weighted by Gasteiger charge is -2.25. The normalized spacial score (nSPS) is 26.1. The average molecular weight is 373 g/mol. The molecule has 1 amide bonds. The summed E-state index contributed by atoms with van der Waals surface area (Å²) < 4.78 is 58.7. The molecule has 144 valence electrons. The van der Waals surface area contributed by atoms with Crippen LogP contribution in [0, 0.1) is 17.7 Å². The molecule has 2 fully saturated rings. The maximum absolute atomic E-state index is 13.6. The number of ether oxygens (including phenoxy) is 1. The molecule has 1 heterocycles. The number of carbonyl (C=O) groups is 1. The number of halogens is 4. The van der Waals surface area contributed by atoms with E-state index in [2.05, 4.69) is 0 Å². The molecule has 3 nitrogen and oxygen atoms in total. The third-order valence-electron chi connectivity index (χ3n) is 5.16. The van der Waals surface area contributed by atoms with Gasteiger partial charge in [0.1, 0.15) is 11.4 Å². The van der Waals surface area contributed by atoms with Crippen molar-refractivity contribution in [3.63, 3.8) is 0 Å². The molecule has 0 aromatic heterocycles. The molecule has 1 aliphatic carbocycles. The molecule has 26 heavy (non-hydrogen) atoms. The lowest BCUT2D eigenvalue weighted by Crippen LogP contribution is -2.36. The smallest absolute Gasteiger partial charge is 0.416 e. The molecule has 1 saturated heterocycles. The standard InChI is InChI=1S/C19H23F4NO2/c1-18(2,3)26-17(25)24-9-12-6-11(7-13(12)10-24)15-8-14(20)4-5-16(15)19(21,22)23/h4-5,8,11-13H,6-7,9-10H2,1-3H3/t11?,12-,13+. The molecule has 7 heteroatoms. The van der Waals surface area contributed by atoms with Crippen LogP contribution in [-0.2, 0) is 10.9 Å². The zero-order chi connectivity index (χ0) is 19.3. The second-order valence-electron chi connectivity index (χ2n) is 8.30. The van der Waals surface area contributed by atoms with Crippen molar-refractivity contribution in [2.75, 3.05) is 13.1 Å². The van der Waals surface area contributed by atoms with Crippen molar-refractivity contribution in [2.45, 2.75) is 51.3 Å². The molecule has 3 atom stereocenters. The molecule has 2 aliphatic rings. The number of likely N-dealkylation sites (tertiary alicyclic amines) is 1. The van der Waals surface area contributed by atoms with Gasteiger partial charge in [-0.3, -0.25) is 0 Å². The second-order valence-corrected chi connectivity index (χ2v) is 8.30. The first kappa shape index (κ1) is 19.0. The molecule has 1 aromatic rings. The van der Waals surface area contributed by atoms with Gasteiger partial charge in [0, 0.05) is 13.1 Å². The van der Waals surface area contributed by atoms with E-state index in [-0.39, 0.29) is 29.4 Å². The summed E-state index contributed by atoms with van der Waals surface area (Å²) in [5.41, 5.74) is -1.30. The molecule has 0 radical (unpaired) electrons. The predicted octanol–water partition coefficient (Wildman–Crippen LogP) is 5.21. The van der Waals surface area contributed by atoms with E-state index in [0.717, 1.165) is 18.2 Å². The Morgan fingerprint density at radius 2 is 1.69 bits per heavy atom. The van der Waals surface area contributed by atoms with Gasteiger partial charge in [-0.15, -0.1) is 0 Å². The zero-order valence-electron chi connectivity index (χ0n) is 15.1. The van der Waals surface area contributed by atoms with Gasteiger partial charge in [0.05, 0.1) is 5.56 Å². The van der Waals surface area contributed by atoms with Gasteiger partial charge in [-0.2, -0.15) is 13.2 Å². The minimum atomic E-state index is -4.50. The van der Waals surface area contributed by atoms with E-state index in [1.807, 2.05) is 0 Å². The number of alkyl halides is 3. The lowest BCUT2D eigenvalue weighted by molar-refractivity contribution is -0.138. The fourth-order valence-electron chi connectivity index (χ4n) is 4.16. The molecular weight excluding hydrogens is 350 g/mol. The third-order valence-corrected chi connectivity index (χ3v) is 5.16. The molecule has 3 rings (SSSR count). The molecule has 0 bridgehead atoms. The van der Waals surface area contributed by atoms with Gasteiger partial charge in [-0.1, -0.05) is 0 Å². The van der Waals surface area contributed by atoms with Gasteiger partial charge in [0.2, 0.25) is 0 Å². The van der Waals surface area contributed by atoms with E-state index in [1.165, 1.54) is 0 Å². The Labute approximate surface area is 150 Å². The van der Waals surface area contributed by atoms with Gasteiger partial charge < -0.3 is 9.64 Å². The van der Waals surface area contributed by atoms with Crippen molar-refractivity contribution >= 4 is 6.09 Å². The topological polar surface area (TPSA) is 29.5 Å². The van der Waals surface area contributed by atoms with Crippen LogP contribution in [0.15, 0.2) is 18.2 Å². The Morgan fingerprint density at radius 1 is 1.12 bits per heavy atom. The van der Waals surface area contributed by atoms with Crippen LogP contribution in [0.5, 0.6) is 0 Å². The number of carbonyl (C=O) groups excluding carboxylic acids is 1. The first-order valence-corrected chi connectivity index (χ1v) is 8.78.